The smallest absolute Gasteiger partial charge is 0.227 e. The van der Waals surface area contributed by atoms with Gasteiger partial charge in [-0.25, -0.2) is 4.98 Å². The molecule has 5 heteroatoms. The number of benzene rings is 2. The van der Waals surface area contributed by atoms with Crippen LogP contribution in [0.4, 0.5) is 0 Å². The topological polar surface area (TPSA) is 49.8 Å². The molecule has 2 aromatic carbocycles. The summed E-state index contributed by atoms with van der Waals surface area (Å²) >= 11 is 12.0. The van der Waals surface area contributed by atoms with Crippen LogP contribution in [0.5, 0.6) is 0 Å². The van der Waals surface area contributed by atoms with Crippen LogP contribution in [0, 0.1) is 11.3 Å². The van der Waals surface area contributed by atoms with E-state index in [-0.39, 0.29) is 0 Å². The maximum Gasteiger partial charge on any atom is 0.227 e. The minimum Gasteiger partial charge on any atom is -0.435 e. The van der Waals surface area contributed by atoms with Gasteiger partial charge in [-0.3, -0.25) is 0 Å². The molecule has 1 aromatic heterocycles. The van der Waals surface area contributed by atoms with Gasteiger partial charge in [0.2, 0.25) is 5.89 Å². The molecule has 0 atom stereocenters. The molecule has 3 aromatic rings. The zero-order valence-electron chi connectivity index (χ0n) is 9.52. The minimum atomic E-state index is 0.413. The number of hydrogen-bond acceptors (Lipinski definition) is 3. The zero-order chi connectivity index (χ0) is 13.4. The first kappa shape index (κ1) is 12.0. The molecule has 0 radical (unpaired) electrons. The van der Waals surface area contributed by atoms with Gasteiger partial charge in [-0.1, -0.05) is 29.3 Å². The second-order valence-corrected chi connectivity index (χ2v) is 4.79. The van der Waals surface area contributed by atoms with Crippen LogP contribution in [0.1, 0.15) is 5.56 Å². The van der Waals surface area contributed by atoms with E-state index in [0.717, 1.165) is 5.56 Å². The van der Waals surface area contributed by atoms with Crippen LogP contribution in [0.15, 0.2) is 40.8 Å². The first-order valence-electron chi connectivity index (χ1n) is 5.43. The van der Waals surface area contributed by atoms with Crippen LogP contribution < -0.4 is 0 Å². The van der Waals surface area contributed by atoms with E-state index < -0.39 is 0 Å². The largest absolute Gasteiger partial charge is 0.435 e. The summed E-state index contributed by atoms with van der Waals surface area (Å²) < 4.78 is 5.63. The fourth-order valence-electron chi connectivity index (χ4n) is 1.81. The SMILES string of the molecule is N#Cc1cccc(-c2nc3cc(Cl)cc(Cl)c3o2)c1. The minimum absolute atomic E-state index is 0.413. The summed E-state index contributed by atoms with van der Waals surface area (Å²) in [6.45, 7) is 0. The fourth-order valence-corrected chi connectivity index (χ4v) is 2.33. The van der Waals surface area contributed by atoms with Crippen molar-refractivity contribution in [2.24, 2.45) is 0 Å². The highest BCUT2D eigenvalue weighted by molar-refractivity contribution is 6.38. The van der Waals surface area contributed by atoms with Gasteiger partial charge >= 0.3 is 0 Å². The number of nitriles is 1. The lowest BCUT2D eigenvalue weighted by atomic mass is 10.1. The van der Waals surface area contributed by atoms with Gasteiger partial charge in [0.05, 0.1) is 16.7 Å². The number of hydrogen-bond donors (Lipinski definition) is 0. The lowest BCUT2D eigenvalue weighted by Crippen LogP contribution is -1.79. The average Bonchev–Trinajstić information content (AvgIpc) is 2.83. The van der Waals surface area contributed by atoms with Gasteiger partial charge in [0, 0.05) is 10.6 Å². The standard InChI is InChI=1S/C14H6Cl2N2O/c15-10-5-11(16)13-12(6-10)18-14(19-13)9-3-1-2-8(4-9)7-17/h1-6H. The van der Waals surface area contributed by atoms with Crippen molar-refractivity contribution < 1.29 is 4.42 Å². The highest BCUT2D eigenvalue weighted by atomic mass is 35.5. The van der Waals surface area contributed by atoms with Gasteiger partial charge < -0.3 is 4.42 Å². The average molecular weight is 289 g/mol. The normalized spacial score (nSPS) is 10.6. The summed E-state index contributed by atoms with van der Waals surface area (Å²) in [5.74, 6) is 0.413. The number of nitrogens with zero attached hydrogens (tertiary/aromatic N) is 2. The Morgan fingerprint density at radius 3 is 2.79 bits per heavy atom. The van der Waals surface area contributed by atoms with E-state index in [1.165, 1.54) is 0 Å². The second-order valence-electron chi connectivity index (χ2n) is 3.95. The quantitative estimate of drug-likeness (QED) is 0.654. The van der Waals surface area contributed by atoms with Crippen LogP contribution in [0.2, 0.25) is 10.0 Å². The zero-order valence-corrected chi connectivity index (χ0v) is 11.0. The van der Waals surface area contributed by atoms with Crippen molar-refractivity contribution >= 4 is 34.3 Å². The molecule has 0 aliphatic heterocycles. The van der Waals surface area contributed by atoms with Crippen molar-refractivity contribution in [1.29, 1.82) is 5.26 Å². The van der Waals surface area contributed by atoms with Crippen LogP contribution in [0.25, 0.3) is 22.6 Å². The molecular formula is C14H6Cl2N2O. The molecule has 3 nitrogen and oxygen atoms in total. The summed E-state index contributed by atoms with van der Waals surface area (Å²) in [4.78, 5) is 4.34. The number of oxazole rings is 1. The molecule has 0 aliphatic carbocycles. The molecule has 0 N–H and O–H groups in total. The molecule has 92 valence electrons. The van der Waals surface area contributed by atoms with Gasteiger partial charge in [-0.05, 0) is 30.3 Å². The van der Waals surface area contributed by atoms with Crippen LogP contribution in [-0.2, 0) is 0 Å². The molecule has 0 spiro atoms. The summed E-state index contributed by atoms with van der Waals surface area (Å²) in [5.41, 5.74) is 2.35. The lowest BCUT2D eigenvalue weighted by Gasteiger charge is -1.94. The number of halogens is 2. The number of fused-ring (bicyclic) bond motifs is 1. The maximum absolute atomic E-state index is 8.89. The lowest BCUT2D eigenvalue weighted by molar-refractivity contribution is 0.620. The van der Waals surface area contributed by atoms with E-state index in [4.69, 9.17) is 32.9 Å². The predicted octanol–water partition coefficient (Wildman–Crippen LogP) is 4.67. The van der Waals surface area contributed by atoms with Crippen molar-refractivity contribution in [2.75, 3.05) is 0 Å². The van der Waals surface area contributed by atoms with Gasteiger partial charge in [-0.15, -0.1) is 0 Å². The molecule has 0 bridgehead atoms. The molecule has 3 rings (SSSR count). The molecule has 0 fully saturated rings. The Hall–Kier alpha value is -2.02. The molecule has 0 amide bonds. The highest BCUT2D eigenvalue weighted by Crippen LogP contribution is 2.31. The van der Waals surface area contributed by atoms with E-state index in [2.05, 4.69) is 11.1 Å². The van der Waals surface area contributed by atoms with Gasteiger partial charge in [0.15, 0.2) is 5.58 Å². The molecule has 0 saturated carbocycles. The van der Waals surface area contributed by atoms with Crippen LogP contribution in [-0.4, -0.2) is 4.98 Å². The van der Waals surface area contributed by atoms with E-state index in [9.17, 15) is 0 Å². The number of rotatable bonds is 1. The summed E-state index contributed by atoms with van der Waals surface area (Å²) in [7, 11) is 0. The van der Waals surface area contributed by atoms with Crippen molar-refractivity contribution in [2.45, 2.75) is 0 Å². The van der Waals surface area contributed by atoms with Crippen molar-refractivity contribution in [3.63, 3.8) is 0 Å². The Bertz CT molecular complexity index is 818. The van der Waals surface area contributed by atoms with Crippen molar-refractivity contribution in [3.8, 4) is 17.5 Å². The van der Waals surface area contributed by atoms with E-state index in [0.29, 0.717) is 32.6 Å². The fraction of sp³-hybridized carbons (Fsp3) is 0. The third kappa shape index (κ3) is 2.17. The molecule has 0 saturated heterocycles. The second kappa shape index (κ2) is 4.58. The summed E-state index contributed by atoms with van der Waals surface area (Å²) in [5, 5.41) is 9.81. The Morgan fingerprint density at radius 2 is 2.00 bits per heavy atom. The van der Waals surface area contributed by atoms with E-state index in [1.807, 2.05) is 6.07 Å². The molecule has 0 aliphatic rings. The highest BCUT2D eigenvalue weighted by Gasteiger charge is 2.12. The monoisotopic (exact) mass is 288 g/mol. The molecule has 1 heterocycles. The molecular weight excluding hydrogens is 283 g/mol. The summed E-state index contributed by atoms with van der Waals surface area (Å²) in [6.07, 6.45) is 0. The van der Waals surface area contributed by atoms with Crippen LogP contribution in [0.3, 0.4) is 0 Å². The van der Waals surface area contributed by atoms with E-state index in [1.54, 1.807) is 30.3 Å². The predicted molar refractivity (Wildman–Crippen MR) is 74.2 cm³/mol. The van der Waals surface area contributed by atoms with Gasteiger partial charge in [0.1, 0.15) is 5.52 Å². The maximum atomic E-state index is 8.89. The van der Waals surface area contributed by atoms with Crippen molar-refractivity contribution in [3.05, 3.63) is 52.0 Å². The first-order chi connectivity index (χ1) is 9.17. The Balaban J connectivity index is 2.21. The summed E-state index contributed by atoms with van der Waals surface area (Å²) in [6, 6.07) is 12.4. The Morgan fingerprint density at radius 1 is 1.16 bits per heavy atom. The first-order valence-corrected chi connectivity index (χ1v) is 6.19. The Kier molecular flexibility index (Phi) is 2.90. The third-order valence-corrected chi connectivity index (χ3v) is 3.15. The molecule has 0 unspecified atom stereocenters. The molecule has 19 heavy (non-hydrogen) atoms. The Labute approximate surface area is 119 Å². The van der Waals surface area contributed by atoms with Crippen LogP contribution >= 0.6 is 23.2 Å². The van der Waals surface area contributed by atoms with Gasteiger partial charge in [-0.2, -0.15) is 5.26 Å². The number of aromatic nitrogens is 1. The van der Waals surface area contributed by atoms with E-state index >= 15 is 0 Å². The van der Waals surface area contributed by atoms with Crippen molar-refractivity contribution in [1.82, 2.24) is 4.98 Å². The third-order valence-electron chi connectivity index (χ3n) is 2.65. The van der Waals surface area contributed by atoms with Gasteiger partial charge in [0.25, 0.3) is 0 Å².